The van der Waals surface area contributed by atoms with Crippen LogP contribution < -0.4 is 5.32 Å². The zero-order valence-electron chi connectivity index (χ0n) is 12.2. The van der Waals surface area contributed by atoms with Crippen molar-refractivity contribution < 1.29 is 9.90 Å². The van der Waals surface area contributed by atoms with Gasteiger partial charge in [0.25, 0.3) is 0 Å². The molecule has 5 nitrogen and oxygen atoms in total. The number of nitrogens with zero attached hydrogens (tertiary/aromatic N) is 2. The van der Waals surface area contributed by atoms with Crippen LogP contribution in [0, 0.1) is 0 Å². The molecule has 0 amide bonds. The van der Waals surface area contributed by atoms with Crippen LogP contribution in [0.15, 0.2) is 17.1 Å². The van der Waals surface area contributed by atoms with E-state index >= 15 is 0 Å². The van der Waals surface area contributed by atoms with Crippen LogP contribution in [0.1, 0.15) is 24.4 Å². The molecule has 2 N–H and O–H groups in total. The molecule has 0 radical (unpaired) electrons. The fourth-order valence-corrected chi connectivity index (χ4v) is 5.05. The number of carbonyl (C=O) groups is 1. The van der Waals surface area contributed by atoms with Gasteiger partial charge < -0.3 is 10.4 Å². The Bertz CT molecular complexity index is 785. The summed E-state index contributed by atoms with van der Waals surface area (Å²) in [5.41, 5.74) is 3.46. The number of carboxylic acids is 1. The summed E-state index contributed by atoms with van der Waals surface area (Å²) in [4.78, 5) is 20.4. The van der Waals surface area contributed by atoms with Crippen LogP contribution >= 0.6 is 23.1 Å². The number of carboxylic acid groups (broad SMARTS) is 1. The molecule has 0 unspecified atom stereocenters. The van der Waals surface area contributed by atoms with E-state index in [0.717, 1.165) is 33.2 Å². The van der Waals surface area contributed by atoms with E-state index in [2.05, 4.69) is 27.4 Å². The highest BCUT2D eigenvalue weighted by Crippen LogP contribution is 2.42. The van der Waals surface area contributed by atoms with Gasteiger partial charge in [0.2, 0.25) is 0 Å². The van der Waals surface area contributed by atoms with Gasteiger partial charge in [-0.15, -0.1) is 11.3 Å². The van der Waals surface area contributed by atoms with Crippen LogP contribution in [0.25, 0.3) is 10.2 Å². The number of thiazole rings is 1. The first-order valence-corrected chi connectivity index (χ1v) is 8.75. The van der Waals surface area contributed by atoms with Crippen LogP contribution in [-0.2, 0) is 11.2 Å². The van der Waals surface area contributed by atoms with Crippen molar-refractivity contribution in [1.82, 2.24) is 4.98 Å². The van der Waals surface area contributed by atoms with Crippen molar-refractivity contribution in [2.24, 2.45) is 4.99 Å². The summed E-state index contributed by atoms with van der Waals surface area (Å²) >= 11 is 3.08. The first-order valence-electron chi connectivity index (χ1n) is 7.11. The fourth-order valence-electron chi connectivity index (χ4n) is 2.87. The number of fused-ring (bicyclic) bond motifs is 2. The van der Waals surface area contributed by atoms with Gasteiger partial charge in [-0.05, 0) is 38.0 Å². The molecular formula is C15H15N3O2S2. The van der Waals surface area contributed by atoms with Gasteiger partial charge in [0, 0.05) is 17.0 Å². The standard InChI is InChI=1S/C15H15N3O2S2/c1-15(2)11(14(19)20)18-13(22-15)12-17-9-5-7-3-4-16-8(7)6-10(9)21-12/h5-6,11,16H,3-4H2,1-2H3,(H,19,20)/t11-/m0/s1. The maximum absolute atomic E-state index is 11.4. The SMILES string of the molecule is CC1(C)SC(c2nc3cc4c(cc3s2)NCC4)=N[C@H]1C(=O)O. The first-order chi connectivity index (χ1) is 10.4. The first kappa shape index (κ1) is 14.0. The second kappa shape index (κ2) is 4.70. The van der Waals surface area contributed by atoms with Gasteiger partial charge in [0.15, 0.2) is 6.04 Å². The van der Waals surface area contributed by atoms with Crippen molar-refractivity contribution >= 4 is 50.0 Å². The van der Waals surface area contributed by atoms with Gasteiger partial charge in [-0.25, -0.2) is 9.78 Å². The van der Waals surface area contributed by atoms with E-state index in [9.17, 15) is 9.90 Å². The van der Waals surface area contributed by atoms with Crippen molar-refractivity contribution in [3.63, 3.8) is 0 Å². The Kier molecular flexibility index (Phi) is 2.99. The smallest absolute Gasteiger partial charge is 0.329 e. The van der Waals surface area contributed by atoms with Gasteiger partial charge in [0.1, 0.15) is 10.1 Å². The van der Waals surface area contributed by atoms with Gasteiger partial charge in [0.05, 0.1) is 10.2 Å². The Morgan fingerprint density at radius 1 is 1.45 bits per heavy atom. The Balaban J connectivity index is 1.76. The molecule has 114 valence electrons. The van der Waals surface area contributed by atoms with Crippen LogP contribution in [0.3, 0.4) is 0 Å². The summed E-state index contributed by atoms with van der Waals surface area (Å²) < 4.78 is 0.672. The molecule has 7 heteroatoms. The number of nitrogens with one attached hydrogen (secondary N) is 1. The molecule has 3 heterocycles. The van der Waals surface area contributed by atoms with Crippen molar-refractivity contribution in [2.75, 3.05) is 11.9 Å². The monoisotopic (exact) mass is 333 g/mol. The van der Waals surface area contributed by atoms with Gasteiger partial charge >= 0.3 is 5.97 Å². The lowest BCUT2D eigenvalue weighted by atomic mass is 10.0. The predicted molar refractivity (Wildman–Crippen MR) is 91.4 cm³/mol. The van der Waals surface area contributed by atoms with Gasteiger partial charge in [-0.3, -0.25) is 4.99 Å². The molecular weight excluding hydrogens is 318 g/mol. The minimum absolute atomic E-state index is 0.442. The van der Waals surface area contributed by atoms with E-state index < -0.39 is 16.8 Å². The predicted octanol–water partition coefficient (Wildman–Crippen LogP) is 2.99. The van der Waals surface area contributed by atoms with Crippen molar-refractivity contribution in [3.05, 3.63) is 22.7 Å². The average molecular weight is 333 g/mol. The second-order valence-corrected chi connectivity index (χ2v) is 8.73. The quantitative estimate of drug-likeness (QED) is 0.884. The molecule has 2 aliphatic rings. The summed E-state index contributed by atoms with van der Waals surface area (Å²) in [6.07, 6.45) is 1.03. The van der Waals surface area contributed by atoms with E-state index in [1.165, 1.54) is 23.0 Å². The zero-order valence-corrected chi connectivity index (χ0v) is 13.8. The number of hydrogen-bond acceptors (Lipinski definition) is 6. The number of anilines is 1. The van der Waals surface area contributed by atoms with Crippen LogP contribution in [0.4, 0.5) is 5.69 Å². The average Bonchev–Trinajstić information content (AvgIpc) is 3.10. The second-order valence-electron chi connectivity index (χ2n) is 6.05. The highest BCUT2D eigenvalue weighted by molar-refractivity contribution is 8.16. The third kappa shape index (κ3) is 2.11. The highest BCUT2D eigenvalue weighted by atomic mass is 32.2. The maximum Gasteiger partial charge on any atom is 0.329 e. The topological polar surface area (TPSA) is 74.6 Å². The molecule has 4 rings (SSSR count). The highest BCUT2D eigenvalue weighted by Gasteiger charge is 2.43. The summed E-state index contributed by atoms with van der Waals surface area (Å²) in [6.45, 7) is 4.81. The van der Waals surface area contributed by atoms with Crippen molar-refractivity contribution in [1.29, 1.82) is 0 Å². The number of rotatable bonds is 2. The van der Waals surface area contributed by atoms with Gasteiger partial charge in [-0.1, -0.05) is 11.8 Å². The molecule has 2 aliphatic heterocycles. The molecule has 0 spiro atoms. The van der Waals surface area contributed by atoms with Crippen molar-refractivity contribution in [2.45, 2.75) is 31.1 Å². The number of aromatic nitrogens is 1. The van der Waals surface area contributed by atoms with Crippen molar-refractivity contribution in [3.8, 4) is 0 Å². The van der Waals surface area contributed by atoms with E-state index in [1.807, 2.05) is 13.8 Å². The lowest BCUT2D eigenvalue weighted by Gasteiger charge is -2.19. The lowest BCUT2D eigenvalue weighted by molar-refractivity contribution is -0.138. The fraction of sp³-hybridized carbons (Fsp3) is 0.400. The molecule has 0 saturated carbocycles. The van der Waals surface area contributed by atoms with E-state index in [4.69, 9.17) is 0 Å². The molecule has 0 fully saturated rings. The molecule has 1 aromatic carbocycles. The summed E-state index contributed by atoms with van der Waals surface area (Å²) in [5, 5.41) is 14.3. The number of benzene rings is 1. The maximum atomic E-state index is 11.4. The number of hydrogen-bond donors (Lipinski definition) is 2. The van der Waals surface area contributed by atoms with Crippen LogP contribution in [0.2, 0.25) is 0 Å². The van der Waals surface area contributed by atoms with Crippen LogP contribution in [-0.4, -0.2) is 38.4 Å². The Morgan fingerprint density at radius 3 is 3.00 bits per heavy atom. The summed E-state index contributed by atoms with van der Waals surface area (Å²) in [6, 6.07) is 3.55. The largest absolute Gasteiger partial charge is 0.480 e. The zero-order chi connectivity index (χ0) is 15.5. The number of aliphatic carboxylic acids is 1. The third-order valence-electron chi connectivity index (χ3n) is 4.00. The molecule has 2 aromatic rings. The molecule has 0 aliphatic carbocycles. The van der Waals surface area contributed by atoms with E-state index in [1.54, 1.807) is 11.3 Å². The lowest BCUT2D eigenvalue weighted by Crippen LogP contribution is -2.34. The molecule has 0 bridgehead atoms. The van der Waals surface area contributed by atoms with Crippen LogP contribution in [0.5, 0.6) is 0 Å². The minimum Gasteiger partial charge on any atom is -0.480 e. The molecule has 0 saturated heterocycles. The number of thioether (sulfide) groups is 1. The molecule has 1 atom stereocenters. The molecule has 22 heavy (non-hydrogen) atoms. The van der Waals surface area contributed by atoms with E-state index in [-0.39, 0.29) is 0 Å². The summed E-state index contributed by atoms with van der Waals surface area (Å²) in [7, 11) is 0. The van der Waals surface area contributed by atoms with E-state index in [0.29, 0.717) is 0 Å². The Hall–Kier alpha value is -1.60. The minimum atomic E-state index is -0.878. The number of aliphatic imine (C=N–C) groups is 1. The normalized spacial score (nSPS) is 22.5. The third-order valence-corrected chi connectivity index (χ3v) is 6.40. The Morgan fingerprint density at radius 2 is 2.27 bits per heavy atom. The summed E-state index contributed by atoms with van der Waals surface area (Å²) in [5.74, 6) is -0.878. The molecule has 1 aromatic heterocycles. The van der Waals surface area contributed by atoms with Gasteiger partial charge in [-0.2, -0.15) is 0 Å². The Labute approximate surface area is 135 Å².